The van der Waals surface area contributed by atoms with Gasteiger partial charge in [0.05, 0.1) is 17.4 Å². The van der Waals surface area contributed by atoms with E-state index in [4.69, 9.17) is 0 Å². The van der Waals surface area contributed by atoms with Gasteiger partial charge in [0.2, 0.25) is 5.91 Å². The highest BCUT2D eigenvalue weighted by atomic mass is 32.2. The average Bonchev–Trinajstić information content (AvgIpc) is 2.71. The van der Waals surface area contributed by atoms with E-state index in [9.17, 15) is 13.2 Å². The summed E-state index contributed by atoms with van der Waals surface area (Å²) in [6, 6.07) is 1.88. The molecule has 0 aromatic carbocycles. The molecule has 1 atom stereocenters. The number of nitrogens with zero attached hydrogens (tertiary/aromatic N) is 2. The molecule has 19 heavy (non-hydrogen) atoms. The van der Waals surface area contributed by atoms with E-state index in [-0.39, 0.29) is 23.3 Å². The highest BCUT2D eigenvalue weighted by Gasteiger charge is 2.34. The van der Waals surface area contributed by atoms with Crippen molar-refractivity contribution in [1.29, 1.82) is 0 Å². The van der Waals surface area contributed by atoms with Crippen LogP contribution in [0.2, 0.25) is 0 Å². The molecule has 104 valence electrons. The second-order valence-corrected chi connectivity index (χ2v) is 7.33. The lowest BCUT2D eigenvalue weighted by Crippen LogP contribution is -2.33. The first kappa shape index (κ1) is 14.0. The number of hydrogen-bond donors (Lipinski definition) is 0. The minimum atomic E-state index is -3.01. The van der Waals surface area contributed by atoms with E-state index in [0.717, 1.165) is 11.1 Å². The number of carbonyl (C=O) groups excluding carboxylic acids is 1. The molecule has 1 amide bonds. The summed E-state index contributed by atoms with van der Waals surface area (Å²) >= 11 is 0. The van der Waals surface area contributed by atoms with Crippen LogP contribution >= 0.6 is 0 Å². The summed E-state index contributed by atoms with van der Waals surface area (Å²) in [7, 11) is -1.30. The third-order valence-corrected chi connectivity index (χ3v) is 5.27. The molecule has 1 aromatic heterocycles. The van der Waals surface area contributed by atoms with Gasteiger partial charge in [-0.3, -0.25) is 9.78 Å². The van der Waals surface area contributed by atoms with Crippen molar-refractivity contribution in [2.24, 2.45) is 5.92 Å². The number of pyridine rings is 1. The first-order valence-electron chi connectivity index (χ1n) is 6.24. The van der Waals surface area contributed by atoms with Crippen molar-refractivity contribution in [3.8, 4) is 0 Å². The van der Waals surface area contributed by atoms with Gasteiger partial charge in [0, 0.05) is 26.0 Å². The number of rotatable bonds is 3. The van der Waals surface area contributed by atoms with Gasteiger partial charge in [-0.25, -0.2) is 8.42 Å². The van der Waals surface area contributed by atoms with Crippen LogP contribution in [0.1, 0.15) is 17.5 Å². The highest BCUT2D eigenvalue weighted by molar-refractivity contribution is 7.91. The molecule has 0 aliphatic carbocycles. The summed E-state index contributed by atoms with van der Waals surface area (Å²) in [6.07, 6.45) is 3.90. The Labute approximate surface area is 113 Å². The Hall–Kier alpha value is -1.43. The molecule has 1 fully saturated rings. The molecule has 6 heteroatoms. The fraction of sp³-hybridized carbons (Fsp3) is 0.538. The predicted octanol–water partition coefficient (Wildman–Crippen LogP) is 0.783. The molecular weight excluding hydrogens is 264 g/mol. The van der Waals surface area contributed by atoms with Gasteiger partial charge in [-0.05, 0) is 30.5 Å². The SMILES string of the molecule is Cc1cnccc1CN(C)C(=O)[C@H]1CCS(=O)(=O)C1. The van der Waals surface area contributed by atoms with Gasteiger partial charge in [0.1, 0.15) is 0 Å². The second kappa shape index (κ2) is 5.28. The lowest BCUT2D eigenvalue weighted by atomic mass is 10.1. The highest BCUT2D eigenvalue weighted by Crippen LogP contribution is 2.21. The fourth-order valence-electron chi connectivity index (χ4n) is 2.31. The maximum atomic E-state index is 12.2. The Balaban J connectivity index is 2.03. The van der Waals surface area contributed by atoms with Crippen molar-refractivity contribution < 1.29 is 13.2 Å². The second-order valence-electron chi connectivity index (χ2n) is 5.10. The fourth-order valence-corrected chi connectivity index (χ4v) is 4.05. The molecule has 1 aliphatic rings. The Morgan fingerprint density at radius 1 is 1.53 bits per heavy atom. The van der Waals surface area contributed by atoms with E-state index in [2.05, 4.69) is 4.98 Å². The van der Waals surface area contributed by atoms with Gasteiger partial charge in [-0.2, -0.15) is 0 Å². The van der Waals surface area contributed by atoms with Crippen molar-refractivity contribution in [3.63, 3.8) is 0 Å². The minimum Gasteiger partial charge on any atom is -0.341 e. The first-order chi connectivity index (χ1) is 8.89. The van der Waals surface area contributed by atoms with Crippen LogP contribution in [0.4, 0.5) is 0 Å². The summed E-state index contributed by atoms with van der Waals surface area (Å²) in [5.41, 5.74) is 2.06. The van der Waals surface area contributed by atoms with Gasteiger partial charge >= 0.3 is 0 Å². The molecule has 0 N–H and O–H groups in total. The monoisotopic (exact) mass is 282 g/mol. The third-order valence-electron chi connectivity index (χ3n) is 3.50. The zero-order valence-corrected chi connectivity index (χ0v) is 12.0. The van der Waals surface area contributed by atoms with E-state index >= 15 is 0 Å². The number of sulfone groups is 1. The topological polar surface area (TPSA) is 67.3 Å². The summed E-state index contributed by atoms with van der Waals surface area (Å²) in [5, 5.41) is 0. The molecule has 0 bridgehead atoms. The Kier molecular flexibility index (Phi) is 3.89. The summed E-state index contributed by atoms with van der Waals surface area (Å²) < 4.78 is 22.8. The van der Waals surface area contributed by atoms with E-state index in [1.807, 2.05) is 13.0 Å². The average molecular weight is 282 g/mol. The van der Waals surface area contributed by atoms with Crippen molar-refractivity contribution >= 4 is 15.7 Å². The molecule has 1 saturated heterocycles. The number of hydrogen-bond acceptors (Lipinski definition) is 4. The molecule has 0 unspecified atom stereocenters. The smallest absolute Gasteiger partial charge is 0.226 e. The van der Waals surface area contributed by atoms with Crippen molar-refractivity contribution in [3.05, 3.63) is 29.6 Å². The summed E-state index contributed by atoms with van der Waals surface area (Å²) in [4.78, 5) is 17.8. The predicted molar refractivity (Wildman–Crippen MR) is 72.2 cm³/mol. The molecule has 1 aromatic rings. The molecule has 0 spiro atoms. The number of carbonyl (C=O) groups is 1. The zero-order valence-electron chi connectivity index (χ0n) is 11.2. The van der Waals surface area contributed by atoms with Crippen LogP contribution in [0.15, 0.2) is 18.5 Å². The van der Waals surface area contributed by atoms with Crippen molar-refractivity contribution in [1.82, 2.24) is 9.88 Å². The van der Waals surface area contributed by atoms with E-state index < -0.39 is 9.84 Å². The molecule has 5 nitrogen and oxygen atoms in total. The minimum absolute atomic E-state index is 0.00843. The van der Waals surface area contributed by atoms with E-state index in [1.165, 1.54) is 0 Å². The number of aryl methyl sites for hydroxylation is 1. The van der Waals surface area contributed by atoms with Crippen LogP contribution in [-0.4, -0.2) is 42.8 Å². The van der Waals surface area contributed by atoms with Crippen LogP contribution in [0.3, 0.4) is 0 Å². The molecule has 2 rings (SSSR count). The van der Waals surface area contributed by atoms with Crippen LogP contribution in [0, 0.1) is 12.8 Å². The largest absolute Gasteiger partial charge is 0.341 e. The molecular formula is C13H18N2O3S. The van der Waals surface area contributed by atoms with Gasteiger partial charge in [-0.1, -0.05) is 0 Å². The van der Waals surface area contributed by atoms with Crippen molar-refractivity contribution in [2.45, 2.75) is 19.9 Å². The third kappa shape index (κ3) is 3.32. The maximum Gasteiger partial charge on any atom is 0.226 e. The van der Waals surface area contributed by atoms with Gasteiger partial charge in [0.15, 0.2) is 9.84 Å². The van der Waals surface area contributed by atoms with Gasteiger partial charge in [0.25, 0.3) is 0 Å². The molecule has 1 aliphatic heterocycles. The van der Waals surface area contributed by atoms with Crippen LogP contribution in [0.5, 0.6) is 0 Å². The molecule has 0 saturated carbocycles. The van der Waals surface area contributed by atoms with Gasteiger partial charge < -0.3 is 4.90 Å². The summed E-state index contributed by atoms with van der Waals surface area (Å²) in [6.45, 7) is 2.43. The summed E-state index contributed by atoms with van der Waals surface area (Å²) in [5.74, 6) is -0.341. The van der Waals surface area contributed by atoms with Crippen LogP contribution < -0.4 is 0 Å². The Morgan fingerprint density at radius 3 is 2.84 bits per heavy atom. The Morgan fingerprint density at radius 2 is 2.26 bits per heavy atom. The Bertz CT molecular complexity index is 583. The lowest BCUT2D eigenvalue weighted by molar-refractivity contribution is -0.133. The quantitative estimate of drug-likeness (QED) is 0.822. The van der Waals surface area contributed by atoms with Gasteiger partial charge in [-0.15, -0.1) is 0 Å². The molecule has 0 radical (unpaired) electrons. The van der Waals surface area contributed by atoms with Crippen LogP contribution in [0.25, 0.3) is 0 Å². The maximum absolute atomic E-state index is 12.2. The zero-order chi connectivity index (χ0) is 14.0. The van der Waals surface area contributed by atoms with Crippen LogP contribution in [-0.2, 0) is 21.2 Å². The van der Waals surface area contributed by atoms with E-state index in [0.29, 0.717) is 13.0 Å². The number of aromatic nitrogens is 1. The lowest BCUT2D eigenvalue weighted by Gasteiger charge is -2.21. The first-order valence-corrected chi connectivity index (χ1v) is 8.06. The van der Waals surface area contributed by atoms with E-state index in [1.54, 1.807) is 24.3 Å². The number of amides is 1. The van der Waals surface area contributed by atoms with Crippen molar-refractivity contribution in [2.75, 3.05) is 18.6 Å². The molecule has 2 heterocycles. The normalized spacial score (nSPS) is 21.3. The standard InChI is InChI=1S/C13H18N2O3S/c1-10-7-14-5-3-11(10)8-15(2)13(16)12-4-6-19(17,18)9-12/h3,5,7,12H,4,6,8-9H2,1-2H3/t12-/m0/s1.